The molecule has 0 amide bonds. The molecule has 7 heteroatoms. The summed E-state index contributed by atoms with van der Waals surface area (Å²) in [5.74, 6) is 6.53. The van der Waals surface area contributed by atoms with Crippen LogP contribution in [0.3, 0.4) is 0 Å². The van der Waals surface area contributed by atoms with E-state index in [-0.39, 0.29) is 18.4 Å². The van der Waals surface area contributed by atoms with Gasteiger partial charge in [0.05, 0.1) is 6.61 Å². The van der Waals surface area contributed by atoms with Gasteiger partial charge in [-0.3, -0.25) is 0 Å². The van der Waals surface area contributed by atoms with E-state index < -0.39 is 0 Å². The minimum absolute atomic E-state index is 0.0119. The first-order valence-electron chi connectivity index (χ1n) is 5.20. The summed E-state index contributed by atoms with van der Waals surface area (Å²) in [6, 6.07) is 8.47. The number of hydrogen-bond acceptors (Lipinski definition) is 7. The fourth-order valence-corrected chi connectivity index (χ4v) is 1.35. The molecule has 0 spiro atoms. The van der Waals surface area contributed by atoms with Crippen molar-refractivity contribution < 1.29 is 9.84 Å². The van der Waals surface area contributed by atoms with Crippen molar-refractivity contribution >= 4 is 11.8 Å². The summed E-state index contributed by atoms with van der Waals surface area (Å²) in [6.07, 6.45) is 0. The minimum Gasteiger partial charge on any atom is -0.439 e. The lowest BCUT2D eigenvalue weighted by atomic mass is 10.2. The van der Waals surface area contributed by atoms with Gasteiger partial charge in [0.25, 0.3) is 0 Å². The Kier molecular flexibility index (Phi) is 3.56. The van der Waals surface area contributed by atoms with Crippen LogP contribution < -0.4 is 21.7 Å². The van der Waals surface area contributed by atoms with Gasteiger partial charge >= 0.3 is 0 Å². The van der Waals surface area contributed by atoms with Crippen molar-refractivity contribution in [2.75, 3.05) is 11.2 Å². The molecular formula is C11H13N5O2. The summed E-state index contributed by atoms with van der Waals surface area (Å²) in [7, 11) is 0. The first-order valence-corrected chi connectivity index (χ1v) is 5.20. The number of hydrogen-bond donors (Lipinski definition) is 4. The zero-order valence-corrected chi connectivity index (χ0v) is 9.50. The van der Waals surface area contributed by atoms with E-state index in [1.165, 1.54) is 6.07 Å². The number of benzene rings is 1. The number of anilines is 2. The van der Waals surface area contributed by atoms with Crippen LogP contribution in [0.15, 0.2) is 30.3 Å². The summed E-state index contributed by atoms with van der Waals surface area (Å²) in [4.78, 5) is 7.76. The average molecular weight is 247 g/mol. The maximum Gasteiger partial charge on any atom is 0.226 e. The van der Waals surface area contributed by atoms with Crippen molar-refractivity contribution in [2.24, 2.45) is 5.84 Å². The van der Waals surface area contributed by atoms with Crippen LogP contribution in [0, 0.1) is 0 Å². The van der Waals surface area contributed by atoms with Crippen molar-refractivity contribution in [1.82, 2.24) is 9.97 Å². The second-order valence-electron chi connectivity index (χ2n) is 3.50. The Hall–Kier alpha value is -2.38. The average Bonchev–Trinajstić information content (AvgIpc) is 2.39. The lowest BCUT2D eigenvalue weighted by Crippen LogP contribution is -2.10. The van der Waals surface area contributed by atoms with E-state index in [0.29, 0.717) is 11.6 Å². The number of aromatic nitrogens is 2. The Labute approximate surface area is 103 Å². The van der Waals surface area contributed by atoms with Gasteiger partial charge in [0.1, 0.15) is 11.6 Å². The number of aliphatic hydroxyl groups is 1. The van der Waals surface area contributed by atoms with E-state index in [4.69, 9.17) is 21.4 Å². The van der Waals surface area contributed by atoms with Crippen molar-refractivity contribution in [3.8, 4) is 11.6 Å². The first-order chi connectivity index (χ1) is 8.71. The SMILES string of the molecule is NNc1cc(Oc2ccc(CO)cc2)nc(N)n1. The molecule has 6 N–H and O–H groups in total. The quantitative estimate of drug-likeness (QED) is 0.462. The van der Waals surface area contributed by atoms with Crippen LogP contribution in [-0.2, 0) is 6.61 Å². The summed E-state index contributed by atoms with van der Waals surface area (Å²) < 4.78 is 5.49. The lowest BCUT2D eigenvalue weighted by Gasteiger charge is -2.07. The Morgan fingerprint density at radius 1 is 1.22 bits per heavy atom. The monoisotopic (exact) mass is 247 g/mol. The van der Waals surface area contributed by atoms with E-state index in [1.807, 2.05) is 0 Å². The van der Waals surface area contributed by atoms with Crippen LogP contribution >= 0.6 is 0 Å². The molecule has 0 radical (unpaired) electrons. The molecular weight excluding hydrogens is 234 g/mol. The number of nitrogens with two attached hydrogens (primary N) is 2. The van der Waals surface area contributed by atoms with Gasteiger partial charge < -0.3 is 21.0 Å². The molecule has 18 heavy (non-hydrogen) atoms. The molecule has 2 rings (SSSR count). The number of nitrogens with zero attached hydrogens (tertiary/aromatic N) is 2. The molecule has 0 unspecified atom stereocenters. The molecule has 7 nitrogen and oxygen atoms in total. The van der Waals surface area contributed by atoms with Crippen LogP contribution in [0.5, 0.6) is 11.6 Å². The second-order valence-corrected chi connectivity index (χ2v) is 3.50. The number of nitrogen functional groups attached to an aromatic ring is 2. The molecule has 0 aliphatic carbocycles. The van der Waals surface area contributed by atoms with Gasteiger partial charge in [-0.05, 0) is 17.7 Å². The number of nitrogens with one attached hydrogen (secondary N) is 1. The van der Waals surface area contributed by atoms with E-state index in [0.717, 1.165) is 5.56 Å². The number of aliphatic hydroxyl groups excluding tert-OH is 1. The third-order valence-corrected chi connectivity index (χ3v) is 2.20. The minimum atomic E-state index is -0.0119. The summed E-state index contributed by atoms with van der Waals surface area (Å²) in [5, 5.41) is 8.92. The molecule has 94 valence electrons. The maximum atomic E-state index is 8.92. The maximum absolute atomic E-state index is 8.92. The Morgan fingerprint density at radius 2 is 1.94 bits per heavy atom. The topological polar surface area (TPSA) is 119 Å². The lowest BCUT2D eigenvalue weighted by molar-refractivity contribution is 0.281. The standard InChI is InChI=1S/C11H13N5O2/c12-11-14-9(16-13)5-10(15-11)18-8-3-1-7(6-17)2-4-8/h1-5,17H,6,13H2,(H3,12,14,15,16). The molecule has 1 aromatic heterocycles. The molecule has 2 aromatic rings. The van der Waals surface area contributed by atoms with E-state index in [2.05, 4.69) is 15.4 Å². The van der Waals surface area contributed by atoms with Gasteiger partial charge in [-0.2, -0.15) is 9.97 Å². The van der Waals surface area contributed by atoms with Gasteiger partial charge in [0.15, 0.2) is 0 Å². The van der Waals surface area contributed by atoms with Crippen molar-refractivity contribution in [3.05, 3.63) is 35.9 Å². The third-order valence-electron chi connectivity index (χ3n) is 2.20. The number of ether oxygens (including phenoxy) is 1. The largest absolute Gasteiger partial charge is 0.439 e. The van der Waals surface area contributed by atoms with E-state index >= 15 is 0 Å². The van der Waals surface area contributed by atoms with Gasteiger partial charge in [0.2, 0.25) is 11.8 Å². The summed E-state index contributed by atoms with van der Waals surface area (Å²) in [5.41, 5.74) is 8.67. The Morgan fingerprint density at radius 3 is 2.56 bits per heavy atom. The molecule has 0 atom stereocenters. The normalized spacial score (nSPS) is 10.1. The zero-order chi connectivity index (χ0) is 13.0. The highest BCUT2D eigenvalue weighted by atomic mass is 16.5. The number of rotatable bonds is 4. The number of hydrazine groups is 1. The van der Waals surface area contributed by atoms with Crippen LogP contribution in [-0.4, -0.2) is 15.1 Å². The molecule has 1 heterocycles. The van der Waals surface area contributed by atoms with Gasteiger partial charge in [-0.1, -0.05) is 12.1 Å². The first kappa shape index (κ1) is 12.1. The molecule has 0 saturated carbocycles. The van der Waals surface area contributed by atoms with Crippen LogP contribution in [0.1, 0.15) is 5.56 Å². The van der Waals surface area contributed by atoms with Gasteiger partial charge in [-0.15, -0.1) is 0 Å². The fourth-order valence-electron chi connectivity index (χ4n) is 1.35. The molecule has 0 aliphatic heterocycles. The van der Waals surface area contributed by atoms with Crippen LogP contribution in [0.4, 0.5) is 11.8 Å². The highest BCUT2D eigenvalue weighted by molar-refractivity contribution is 5.43. The van der Waals surface area contributed by atoms with Gasteiger partial charge in [0, 0.05) is 6.07 Å². The predicted octanol–water partition coefficient (Wildman–Crippen LogP) is 0.629. The second kappa shape index (κ2) is 5.30. The van der Waals surface area contributed by atoms with E-state index in [1.54, 1.807) is 24.3 Å². The Bertz CT molecular complexity index is 529. The highest BCUT2D eigenvalue weighted by Crippen LogP contribution is 2.22. The molecule has 0 bridgehead atoms. The Balaban J connectivity index is 2.19. The summed E-state index contributed by atoms with van der Waals surface area (Å²) >= 11 is 0. The molecule has 0 saturated heterocycles. The summed E-state index contributed by atoms with van der Waals surface area (Å²) in [6.45, 7) is -0.0119. The third kappa shape index (κ3) is 2.84. The van der Waals surface area contributed by atoms with Crippen molar-refractivity contribution in [2.45, 2.75) is 6.61 Å². The zero-order valence-electron chi connectivity index (χ0n) is 9.50. The molecule has 0 fully saturated rings. The van der Waals surface area contributed by atoms with Gasteiger partial charge in [-0.25, -0.2) is 5.84 Å². The highest BCUT2D eigenvalue weighted by Gasteiger charge is 2.04. The van der Waals surface area contributed by atoms with E-state index in [9.17, 15) is 0 Å². The predicted molar refractivity (Wildman–Crippen MR) is 66.7 cm³/mol. The fraction of sp³-hybridized carbons (Fsp3) is 0.0909. The molecule has 1 aromatic carbocycles. The van der Waals surface area contributed by atoms with Crippen LogP contribution in [0.25, 0.3) is 0 Å². The smallest absolute Gasteiger partial charge is 0.226 e. The molecule has 0 aliphatic rings. The van der Waals surface area contributed by atoms with Crippen LogP contribution in [0.2, 0.25) is 0 Å². The van der Waals surface area contributed by atoms with Crippen molar-refractivity contribution in [3.63, 3.8) is 0 Å². The van der Waals surface area contributed by atoms with Crippen molar-refractivity contribution in [1.29, 1.82) is 0 Å².